The number of carbonyl (C=O) groups is 1. The van der Waals surface area contributed by atoms with E-state index in [1.807, 2.05) is 0 Å². The number of fused-ring (bicyclic) bond motifs is 2. The van der Waals surface area contributed by atoms with Crippen LogP contribution in [0.2, 0.25) is 0 Å². The highest BCUT2D eigenvalue weighted by molar-refractivity contribution is 5.76. The van der Waals surface area contributed by atoms with Crippen molar-refractivity contribution in [1.29, 1.82) is 0 Å². The molecule has 1 amide bonds. The molecular formula is C16H30N4O. The van der Waals surface area contributed by atoms with Crippen molar-refractivity contribution in [3.8, 4) is 0 Å². The fourth-order valence-corrected chi connectivity index (χ4v) is 3.91. The minimum atomic E-state index is 0.363. The van der Waals surface area contributed by atoms with Crippen molar-refractivity contribution >= 4 is 5.91 Å². The lowest BCUT2D eigenvalue weighted by Gasteiger charge is -2.34. The van der Waals surface area contributed by atoms with Gasteiger partial charge in [-0.2, -0.15) is 0 Å². The van der Waals surface area contributed by atoms with Crippen LogP contribution in [-0.4, -0.2) is 85.0 Å². The summed E-state index contributed by atoms with van der Waals surface area (Å²) in [5.41, 5.74) is 0. The van der Waals surface area contributed by atoms with Crippen molar-refractivity contribution in [1.82, 2.24) is 20.0 Å². The summed E-state index contributed by atoms with van der Waals surface area (Å²) < 4.78 is 0. The smallest absolute Gasteiger partial charge is 0.223 e. The Balaban J connectivity index is 1.40. The van der Waals surface area contributed by atoms with Crippen LogP contribution in [0, 0.1) is 0 Å². The molecule has 5 heteroatoms. The highest BCUT2D eigenvalue weighted by Crippen LogP contribution is 2.20. The van der Waals surface area contributed by atoms with Gasteiger partial charge in [-0.1, -0.05) is 6.92 Å². The zero-order valence-corrected chi connectivity index (χ0v) is 13.4. The van der Waals surface area contributed by atoms with Crippen molar-refractivity contribution in [2.45, 2.75) is 44.7 Å². The molecule has 3 aliphatic rings. The maximum Gasteiger partial charge on any atom is 0.223 e. The standard InChI is InChI=1S/C16H30N4O/c1-2-18-9-11-19(12-10-18)7-6-16(21)20-8-5-14-3-4-15(13-20)17-14/h14-15,17H,2-13H2,1H3. The monoisotopic (exact) mass is 294 g/mol. The van der Waals surface area contributed by atoms with Gasteiger partial charge in [0.05, 0.1) is 0 Å². The van der Waals surface area contributed by atoms with Gasteiger partial charge in [0.2, 0.25) is 5.91 Å². The topological polar surface area (TPSA) is 38.8 Å². The van der Waals surface area contributed by atoms with Crippen LogP contribution in [0.15, 0.2) is 0 Å². The van der Waals surface area contributed by atoms with E-state index in [1.54, 1.807) is 0 Å². The maximum absolute atomic E-state index is 12.5. The number of likely N-dealkylation sites (N-methyl/N-ethyl adjacent to an activating group) is 1. The Morgan fingerprint density at radius 3 is 2.48 bits per heavy atom. The summed E-state index contributed by atoms with van der Waals surface area (Å²) in [4.78, 5) is 19.5. The molecule has 0 radical (unpaired) electrons. The summed E-state index contributed by atoms with van der Waals surface area (Å²) in [6, 6.07) is 1.21. The van der Waals surface area contributed by atoms with Crippen LogP contribution in [-0.2, 0) is 4.79 Å². The lowest BCUT2D eigenvalue weighted by atomic mass is 10.1. The van der Waals surface area contributed by atoms with Gasteiger partial charge in [0.15, 0.2) is 0 Å². The summed E-state index contributed by atoms with van der Waals surface area (Å²) in [7, 11) is 0. The van der Waals surface area contributed by atoms with Gasteiger partial charge in [0, 0.05) is 64.3 Å². The fourth-order valence-electron chi connectivity index (χ4n) is 3.91. The Morgan fingerprint density at radius 1 is 1.00 bits per heavy atom. The Morgan fingerprint density at radius 2 is 1.71 bits per heavy atom. The van der Waals surface area contributed by atoms with Crippen LogP contribution in [0.25, 0.3) is 0 Å². The fraction of sp³-hybridized carbons (Fsp3) is 0.938. The summed E-state index contributed by atoms with van der Waals surface area (Å²) in [6.07, 6.45) is 4.38. The first-order chi connectivity index (χ1) is 10.2. The molecule has 1 N–H and O–H groups in total. The SMILES string of the molecule is CCN1CCN(CCC(=O)N2CCC3CCC(C2)N3)CC1. The molecule has 0 saturated carbocycles. The molecule has 5 nitrogen and oxygen atoms in total. The molecule has 3 saturated heterocycles. The number of carbonyl (C=O) groups excluding carboxylic acids is 1. The Bertz CT molecular complexity index is 354. The largest absolute Gasteiger partial charge is 0.341 e. The molecular weight excluding hydrogens is 264 g/mol. The number of nitrogens with one attached hydrogen (secondary N) is 1. The van der Waals surface area contributed by atoms with Gasteiger partial charge in [0.1, 0.15) is 0 Å². The normalized spacial score (nSPS) is 31.4. The first-order valence-electron chi connectivity index (χ1n) is 8.73. The van der Waals surface area contributed by atoms with Crippen LogP contribution in [0.4, 0.5) is 0 Å². The Labute approximate surface area is 128 Å². The van der Waals surface area contributed by atoms with E-state index < -0.39 is 0 Å². The number of likely N-dealkylation sites (tertiary alicyclic amines) is 1. The zero-order valence-electron chi connectivity index (χ0n) is 13.4. The molecule has 0 spiro atoms. The van der Waals surface area contributed by atoms with Gasteiger partial charge in [-0.15, -0.1) is 0 Å². The first kappa shape index (κ1) is 15.3. The number of piperazine rings is 1. The van der Waals surface area contributed by atoms with E-state index in [2.05, 4.69) is 26.9 Å². The van der Waals surface area contributed by atoms with E-state index in [4.69, 9.17) is 0 Å². The van der Waals surface area contributed by atoms with Crippen LogP contribution < -0.4 is 5.32 Å². The van der Waals surface area contributed by atoms with E-state index in [1.165, 1.54) is 12.8 Å². The van der Waals surface area contributed by atoms with E-state index in [-0.39, 0.29) is 0 Å². The molecule has 3 rings (SSSR count). The molecule has 3 aliphatic heterocycles. The van der Waals surface area contributed by atoms with Crippen molar-refractivity contribution < 1.29 is 4.79 Å². The molecule has 21 heavy (non-hydrogen) atoms. The van der Waals surface area contributed by atoms with Gasteiger partial charge >= 0.3 is 0 Å². The van der Waals surface area contributed by atoms with Crippen molar-refractivity contribution in [2.24, 2.45) is 0 Å². The molecule has 0 aromatic rings. The minimum absolute atomic E-state index is 0.363. The molecule has 2 unspecified atom stereocenters. The molecule has 3 heterocycles. The Hall–Kier alpha value is -0.650. The molecule has 3 fully saturated rings. The van der Waals surface area contributed by atoms with E-state index >= 15 is 0 Å². The lowest BCUT2D eigenvalue weighted by molar-refractivity contribution is -0.131. The second-order valence-electron chi connectivity index (χ2n) is 6.79. The number of rotatable bonds is 4. The van der Waals surface area contributed by atoms with E-state index in [0.29, 0.717) is 24.4 Å². The Kier molecular flexibility index (Phi) is 5.14. The summed E-state index contributed by atoms with van der Waals surface area (Å²) in [6.45, 7) is 10.7. The zero-order chi connectivity index (χ0) is 14.7. The van der Waals surface area contributed by atoms with Crippen LogP contribution >= 0.6 is 0 Å². The van der Waals surface area contributed by atoms with Crippen LogP contribution in [0.3, 0.4) is 0 Å². The van der Waals surface area contributed by atoms with Crippen molar-refractivity contribution in [2.75, 3.05) is 52.4 Å². The molecule has 0 aliphatic carbocycles. The highest BCUT2D eigenvalue weighted by atomic mass is 16.2. The van der Waals surface area contributed by atoms with Gasteiger partial charge in [-0.3, -0.25) is 4.79 Å². The van der Waals surface area contributed by atoms with Crippen LogP contribution in [0.1, 0.15) is 32.6 Å². The lowest BCUT2D eigenvalue weighted by Crippen LogP contribution is -2.47. The number of hydrogen-bond donors (Lipinski definition) is 1. The quantitative estimate of drug-likeness (QED) is 0.813. The second-order valence-corrected chi connectivity index (χ2v) is 6.79. The van der Waals surface area contributed by atoms with Crippen LogP contribution in [0.5, 0.6) is 0 Å². The molecule has 120 valence electrons. The van der Waals surface area contributed by atoms with Crippen molar-refractivity contribution in [3.05, 3.63) is 0 Å². The average Bonchev–Trinajstić information content (AvgIpc) is 2.84. The predicted molar refractivity (Wildman–Crippen MR) is 84.3 cm³/mol. The number of nitrogens with zero attached hydrogens (tertiary/aromatic N) is 3. The molecule has 0 aromatic heterocycles. The third kappa shape index (κ3) is 3.96. The number of hydrogen-bond acceptors (Lipinski definition) is 4. The first-order valence-corrected chi connectivity index (χ1v) is 8.73. The third-order valence-electron chi connectivity index (χ3n) is 5.43. The molecule has 2 atom stereocenters. The maximum atomic E-state index is 12.5. The summed E-state index contributed by atoms with van der Waals surface area (Å²) >= 11 is 0. The number of amides is 1. The molecule has 0 aromatic carbocycles. The molecule has 2 bridgehead atoms. The van der Waals surface area contributed by atoms with E-state index in [0.717, 1.165) is 58.8 Å². The average molecular weight is 294 g/mol. The van der Waals surface area contributed by atoms with Gasteiger partial charge < -0.3 is 20.0 Å². The van der Waals surface area contributed by atoms with Gasteiger partial charge in [-0.25, -0.2) is 0 Å². The van der Waals surface area contributed by atoms with Crippen molar-refractivity contribution in [3.63, 3.8) is 0 Å². The van der Waals surface area contributed by atoms with E-state index in [9.17, 15) is 4.79 Å². The summed E-state index contributed by atoms with van der Waals surface area (Å²) in [5.74, 6) is 0.363. The highest BCUT2D eigenvalue weighted by Gasteiger charge is 2.31. The summed E-state index contributed by atoms with van der Waals surface area (Å²) in [5, 5.41) is 3.64. The minimum Gasteiger partial charge on any atom is -0.341 e. The second kappa shape index (κ2) is 7.07. The predicted octanol–water partition coefficient (Wildman–Crippen LogP) is 0.367. The van der Waals surface area contributed by atoms with Gasteiger partial charge in [0.25, 0.3) is 0 Å². The van der Waals surface area contributed by atoms with Gasteiger partial charge in [-0.05, 0) is 25.8 Å². The third-order valence-corrected chi connectivity index (χ3v) is 5.43.